The van der Waals surface area contributed by atoms with Crippen molar-refractivity contribution >= 4 is 0 Å². The molecule has 0 bridgehead atoms. The number of nitrogens with zero attached hydrogens (tertiary/aromatic N) is 2. The number of likely N-dealkylation sites (tertiary alicyclic amines) is 1. The van der Waals surface area contributed by atoms with Crippen LogP contribution in [0.3, 0.4) is 0 Å². The molecule has 0 saturated carbocycles. The number of aromatic nitrogens is 1. The summed E-state index contributed by atoms with van der Waals surface area (Å²) in [5.41, 5.74) is 1.87. The summed E-state index contributed by atoms with van der Waals surface area (Å²) in [7, 11) is 0. The summed E-state index contributed by atoms with van der Waals surface area (Å²) in [6.07, 6.45) is 2.19. The summed E-state index contributed by atoms with van der Waals surface area (Å²) >= 11 is 0. The number of para-hydroxylation sites is 1. The Morgan fingerprint density at radius 1 is 1.45 bits per heavy atom. The number of rotatable bonds is 5. The molecule has 1 atom stereocenters. The fraction of sp³-hybridized carbons (Fsp3) is 0.471. The summed E-state index contributed by atoms with van der Waals surface area (Å²) in [4.78, 5) is 2.34. The Hall–Kier alpha value is -2.01. The van der Waals surface area contributed by atoms with Crippen molar-refractivity contribution in [2.45, 2.75) is 39.3 Å². The molecule has 0 aliphatic carbocycles. The molecule has 0 radical (unpaired) electrons. The first-order chi connectivity index (χ1) is 10.7. The third kappa shape index (κ3) is 2.95. The minimum absolute atomic E-state index is 0.242. The van der Waals surface area contributed by atoms with Gasteiger partial charge in [0.25, 0.3) is 0 Å². The van der Waals surface area contributed by atoms with Crippen molar-refractivity contribution in [3.8, 4) is 11.5 Å². The van der Waals surface area contributed by atoms with E-state index in [0.29, 0.717) is 18.9 Å². The number of ether oxygens (including phenoxy) is 1. The second-order valence-electron chi connectivity index (χ2n) is 5.69. The summed E-state index contributed by atoms with van der Waals surface area (Å²) in [5.74, 6) is 1.63. The van der Waals surface area contributed by atoms with Crippen LogP contribution < -0.4 is 4.74 Å². The van der Waals surface area contributed by atoms with Gasteiger partial charge >= 0.3 is 0 Å². The second-order valence-corrected chi connectivity index (χ2v) is 5.69. The zero-order chi connectivity index (χ0) is 15.5. The standard InChI is InChI=1S/C17H22N2O3/c1-3-21-16-8-4-6-13(17(16)20)11-19-9-5-7-15(19)14-10-12(2)22-18-14/h4,6,8,10,15,20H,3,5,7,9,11H2,1-2H3/t15-/m0/s1. The summed E-state index contributed by atoms with van der Waals surface area (Å²) in [5, 5.41) is 14.5. The lowest BCUT2D eigenvalue weighted by atomic mass is 10.1. The minimum atomic E-state index is 0.242. The zero-order valence-corrected chi connectivity index (χ0v) is 13.1. The number of aryl methyl sites for hydroxylation is 1. The second kappa shape index (κ2) is 6.40. The van der Waals surface area contributed by atoms with Gasteiger partial charge in [-0.15, -0.1) is 0 Å². The summed E-state index contributed by atoms with van der Waals surface area (Å²) in [6, 6.07) is 7.92. The SMILES string of the molecule is CCOc1cccc(CN2CCC[C@H]2c2cc(C)on2)c1O. The number of hydrogen-bond acceptors (Lipinski definition) is 5. The highest BCUT2D eigenvalue weighted by Gasteiger charge is 2.29. The van der Waals surface area contributed by atoms with Crippen LogP contribution in [0.15, 0.2) is 28.8 Å². The molecule has 1 aromatic heterocycles. The molecule has 0 unspecified atom stereocenters. The smallest absolute Gasteiger partial charge is 0.162 e. The number of phenols is 1. The molecule has 22 heavy (non-hydrogen) atoms. The molecule has 5 heteroatoms. The predicted octanol–water partition coefficient (Wildman–Crippen LogP) is 3.42. The Morgan fingerprint density at radius 3 is 3.05 bits per heavy atom. The van der Waals surface area contributed by atoms with Gasteiger partial charge in [0.15, 0.2) is 11.5 Å². The molecule has 2 aromatic rings. The first kappa shape index (κ1) is 14.9. The van der Waals surface area contributed by atoms with Crippen molar-refractivity contribution in [1.82, 2.24) is 10.1 Å². The molecule has 3 rings (SSSR count). The minimum Gasteiger partial charge on any atom is -0.504 e. The maximum Gasteiger partial charge on any atom is 0.162 e. The van der Waals surface area contributed by atoms with E-state index in [0.717, 1.165) is 36.4 Å². The van der Waals surface area contributed by atoms with Crippen LogP contribution in [-0.2, 0) is 6.54 Å². The fourth-order valence-corrected chi connectivity index (χ4v) is 3.08. The summed E-state index contributed by atoms with van der Waals surface area (Å²) < 4.78 is 10.7. The topological polar surface area (TPSA) is 58.7 Å². The van der Waals surface area contributed by atoms with Crippen LogP contribution in [0, 0.1) is 6.92 Å². The van der Waals surface area contributed by atoms with Crippen molar-refractivity contribution in [3.05, 3.63) is 41.3 Å². The molecule has 1 aliphatic heterocycles. The maximum absolute atomic E-state index is 10.4. The van der Waals surface area contributed by atoms with E-state index in [4.69, 9.17) is 9.26 Å². The van der Waals surface area contributed by atoms with Crippen molar-refractivity contribution in [1.29, 1.82) is 0 Å². The zero-order valence-electron chi connectivity index (χ0n) is 13.1. The first-order valence-electron chi connectivity index (χ1n) is 7.80. The molecule has 2 heterocycles. The van der Waals surface area contributed by atoms with Crippen LogP contribution in [0.2, 0.25) is 0 Å². The van der Waals surface area contributed by atoms with Gasteiger partial charge in [-0.3, -0.25) is 4.90 Å². The number of hydrogen-bond donors (Lipinski definition) is 1. The van der Waals surface area contributed by atoms with E-state index < -0.39 is 0 Å². The molecule has 1 fully saturated rings. The van der Waals surface area contributed by atoms with Crippen molar-refractivity contribution in [3.63, 3.8) is 0 Å². The highest BCUT2D eigenvalue weighted by Crippen LogP contribution is 2.36. The summed E-state index contributed by atoms with van der Waals surface area (Å²) in [6.45, 7) is 6.04. The van der Waals surface area contributed by atoms with E-state index in [9.17, 15) is 5.11 Å². The Kier molecular flexibility index (Phi) is 4.34. The first-order valence-corrected chi connectivity index (χ1v) is 7.80. The lowest BCUT2D eigenvalue weighted by molar-refractivity contribution is 0.232. The van der Waals surface area contributed by atoms with Gasteiger partial charge < -0.3 is 14.4 Å². The molecule has 1 aromatic carbocycles. The van der Waals surface area contributed by atoms with Crippen molar-refractivity contribution in [2.75, 3.05) is 13.2 Å². The fourth-order valence-electron chi connectivity index (χ4n) is 3.08. The Morgan fingerprint density at radius 2 is 2.32 bits per heavy atom. The van der Waals surface area contributed by atoms with Crippen LogP contribution in [0.25, 0.3) is 0 Å². The highest BCUT2D eigenvalue weighted by molar-refractivity contribution is 5.45. The number of aromatic hydroxyl groups is 1. The van der Waals surface area contributed by atoms with E-state index in [-0.39, 0.29) is 11.8 Å². The third-order valence-electron chi connectivity index (χ3n) is 4.11. The van der Waals surface area contributed by atoms with E-state index in [1.807, 2.05) is 32.0 Å². The normalized spacial score (nSPS) is 18.7. The molecular weight excluding hydrogens is 280 g/mol. The molecule has 118 valence electrons. The Labute approximate surface area is 130 Å². The molecule has 1 N–H and O–H groups in total. The van der Waals surface area contributed by atoms with E-state index >= 15 is 0 Å². The average molecular weight is 302 g/mol. The molecular formula is C17H22N2O3. The van der Waals surface area contributed by atoms with Crippen LogP contribution in [0.4, 0.5) is 0 Å². The molecule has 0 amide bonds. The number of phenolic OH excluding ortho intramolecular Hbond substituents is 1. The molecule has 1 aliphatic rings. The van der Waals surface area contributed by atoms with Crippen molar-refractivity contribution in [2.24, 2.45) is 0 Å². The third-order valence-corrected chi connectivity index (χ3v) is 4.11. The van der Waals surface area contributed by atoms with Crippen LogP contribution in [0.5, 0.6) is 11.5 Å². The molecule has 5 nitrogen and oxygen atoms in total. The van der Waals surface area contributed by atoms with E-state index in [1.54, 1.807) is 6.07 Å². The Balaban J connectivity index is 1.79. The van der Waals surface area contributed by atoms with Crippen molar-refractivity contribution < 1.29 is 14.4 Å². The van der Waals surface area contributed by atoms with Gasteiger partial charge in [-0.05, 0) is 39.3 Å². The van der Waals surface area contributed by atoms with Crippen LogP contribution >= 0.6 is 0 Å². The van der Waals surface area contributed by atoms with Gasteiger partial charge in [0.2, 0.25) is 0 Å². The van der Waals surface area contributed by atoms with Crippen LogP contribution in [0.1, 0.15) is 42.8 Å². The quantitative estimate of drug-likeness (QED) is 0.917. The van der Waals surface area contributed by atoms with E-state index in [1.165, 1.54) is 0 Å². The highest BCUT2D eigenvalue weighted by atomic mass is 16.5. The van der Waals surface area contributed by atoms with Crippen LogP contribution in [-0.4, -0.2) is 28.3 Å². The van der Waals surface area contributed by atoms with E-state index in [2.05, 4.69) is 10.1 Å². The van der Waals surface area contributed by atoms with Gasteiger partial charge in [0.1, 0.15) is 11.5 Å². The molecule has 1 saturated heterocycles. The Bertz CT molecular complexity index is 639. The lowest BCUT2D eigenvalue weighted by Crippen LogP contribution is -2.23. The van der Waals surface area contributed by atoms with Gasteiger partial charge in [0.05, 0.1) is 12.6 Å². The lowest BCUT2D eigenvalue weighted by Gasteiger charge is -2.23. The average Bonchev–Trinajstić information content (AvgIpc) is 3.12. The number of benzene rings is 1. The monoisotopic (exact) mass is 302 g/mol. The predicted molar refractivity (Wildman–Crippen MR) is 82.9 cm³/mol. The van der Waals surface area contributed by atoms with Gasteiger partial charge in [-0.1, -0.05) is 17.3 Å². The molecule has 0 spiro atoms. The van der Waals surface area contributed by atoms with Gasteiger partial charge in [-0.2, -0.15) is 0 Å². The van der Waals surface area contributed by atoms with Gasteiger partial charge in [0, 0.05) is 18.2 Å². The maximum atomic E-state index is 10.4. The largest absolute Gasteiger partial charge is 0.504 e. The van der Waals surface area contributed by atoms with Gasteiger partial charge in [-0.25, -0.2) is 0 Å².